The fourth-order valence-corrected chi connectivity index (χ4v) is 3.33. The largest absolute Gasteiger partial charge is 0.481 e. The normalized spacial score (nSPS) is 11.3. The Balaban J connectivity index is 3.01. The van der Waals surface area contributed by atoms with Crippen molar-refractivity contribution >= 4 is 49.2 Å². The third-order valence-corrected chi connectivity index (χ3v) is 4.31. The van der Waals surface area contributed by atoms with Crippen molar-refractivity contribution in [3.63, 3.8) is 0 Å². The van der Waals surface area contributed by atoms with Gasteiger partial charge in [-0.15, -0.1) is 0 Å². The first-order chi connectivity index (χ1) is 8.71. The van der Waals surface area contributed by atoms with Gasteiger partial charge in [0.15, 0.2) is 0 Å². The Morgan fingerprint density at radius 3 is 2.58 bits per heavy atom. The van der Waals surface area contributed by atoms with E-state index in [2.05, 4.69) is 15.9 Å². The van der Waals surface area contributed by atoms with Crippen LogP contribution in [-0.4, -0.2) is 32.3 Å². The van der Waals surface area contributed by atoms with Gasteiger partial charge in [0.25, 0.3) is 0 Å². The van der Waals surface area contributed by atoms with Crippen molar-refractivity contribution in [2.45, 2.75) is 12.8 Å². The van der Waals surface area contributed by atoms with Crippen LogP contribution < -0.4 is 4.31 Å². The van der Waals surface area contributed by atoms with Gasteiger partial charge >= 0.3 is 5.97 Å². The third kappa shape index (κ3) is 5.00. The number of sulfonamides is 1. The first-order valence-electron chi connectivity index (χ1n) is 5.36. The van der Waals surface area contributed by atoms with Gasteiger partial charge in [0.1, 0.15) is 0 Å². The summed E-state index contributed by atoms with van der Waals surface area (Å²) < 4.78 is 25.4. The van der Waals surface area contributed by atoms with Crippen LogP contribution in [-0.2, 0) is 14.8 Å². The molecule has 0 saturated carbocycles. The van der Waals surface area contributed by atoms with E-state index in [0.717, 1.165) is 15.0 Å². The first kappa shape index (κ1) is 16.3. The molecule has 0 aliphatic carbocycles. The maximum atomic E-state index is 11.8. The average molecular weight is 371 g/mol. The summed E-state index contributed by atoms with van der Waals surface area (Å²) >= 11 is 9.26. The third-order valence-electron chi connectivity index (χ3n) is 2.33. The Morgan fingerprint density at radius 1 is 1.47 bits per heavy atom. The predicted molar refractivity (Wildman–Crippen MR) is 78.2 cm³/mol. The summed E-state index contributed by atoms with van der Waals surface area (Å²) in [7, 11) is -3.51. The molecular weight excluding hydrogens is 358 g/mol. The lowest BCUT2D eigenvalue weighted by atomic mass is 10.3. The summed E-state index contributed by atoms with van der Waals surface area (Å²) in [5.41, 5.74) is 0.345. The predicted octanol–water partition coefficient (Wildman–Crippen LogP) is 2.73. The zero-order chi connectivity index (χ0) is 14.6. The van der Waals surface area contributed by atoms with E-state index in [0.29, 0.717) is 5.69 Å². The molecular formula is C11H13BrClNO4S. The lowest BCUT2D eigenvalue weighted by Gasteiger charge is -2.23. The number of nitrogens with zero attached hydrogens (tertiary/aromatic N) is 1. The molecule has 0 bridgehead atoms. The molecule has 0 unspecified atom stereocenters. The van der Waals surface area contributed by atoms with Crippen LogP contribution >= 0.6 is 27.5 Å². The van der Waals surface area contributed by atoms with Gasteiger partial charge in [-0.25, -0.2) is 8.42 Å². The Bertz CT molecular complexity index is 576. The SMILES string of the molecule is CS(=O)(=O)N(CCCC(=O)O)c1ccc(Br)cc1Cl. The molecule has 0 saturated heterocycles. The Morgan fingerprint density at radius 2 is 2.11 bits per heavy atom. The van der Waals surface area contributed by atoms with Crippen molar-refractivity contribution in [3.05, 3.63) is 27.7 Å². The number of halogens is 2. The summed E-state index contributed by atoms with van der Waals surface area (Å²) in [5, 5.41) is 8.88. The number of aliphatic carboxylic acids is 1. The molecule has 0 fully saturated rings. The van der Waals surface area contributed by atoms with Crippen LogP contribution in [0.3, 0.4) is 0 Å². The Kier molecular flexibility index (Phi) is 5.64. The lowest BCUT2D eigenvalue weighted by molar-refractivity contribution is -0.137. The van der Waals surface area contributed by atoms with Crippen LogP contribution in [0.5, 0.6) is 0 Å². The molecule has 0 aliphatic heterocycles. The van der Waals surface area contributed by atoms with Crippen LogP contribution in [0.2, 0.25) is 5.02 Å². The van der Waals surface area contributed by atoms with Gasteiger partial charge in [-0.05, 0) is 24.6 Å². The maximum Gasteiger partial charge on any atom is 0.303 e. The Labute approximate surface area is 125 Å². The maximum absolute atomic E-state index is 11.8. The molecule has 5 nitrogen and oxygen atoms in total. The van der Waals surface area contributed by atoms with E-state index in [-0.39, 0.29) is 24.4 Å². The van der Waals surface area contributed by atoms with Crippen molar-refractivity contribution in [2.24, 2.45) is 0 Å². The highest BCUT2D eigenvalue weighted by Crippen LogP contribution is 2.30. The standard InChI is InChI=1S/C11H13BrClNO4S/c1-19(17,18)14(6-2-3-11(15)16)10-5-4-8(12)7-9(10)13/h4-5,7H,2-3,6H2,1H3,(H,15,16). The molecule has 0 spiro atoms. The highest BCUT2D eigenvalue weighted by Gasteiger charge is 2.20. The van der Waals surface area contributed by atoms with Crippen LogP contribution in [0.4, 0.5) is 5.69 Å². The summed E-state index contributed by atoms with van der Waals surface area (Å²) in [6.07, 6.45) is 1.18. The molecule has 1 rings (SSSR count). The Hall–Kier alpha value is -0.790. The van der Waals surface area contributed by atoms with Crippen molar-refractivity contribution < 1.29 is 18.3 Å². The topological polar surface area (TPSA) is 74.7 Å². The van der Waals surface area contributed by atoms with Gasteiger partial charge < -0.3 is 5.11 Å². The van der Waals surface area contributed by atoms with Gasteiger partial charge in [-0.3, -0.25) is 9.10 Å². The first-order valence-corrected chi connectivity index (χ1v) is 8.38. The molecule has 19 heavy (non-hydrogen) atoms. The van der Waals surface area contributed by atoms with E-state index in [9.17, 15) is 13.2 Å². The second-order valence-corrected chi connectivity index (χ2v) is 7.16. The van der Waals surface area contributed by atoms with E-state index in [1.807, 2.05) is 0 Å². The van der Waals surface area contributed by atoms with Crippen LogP contribution in [0.1, 0.15) is 12.8 Å². The summed E-state index contributed by atoms with van der Waals surface area (Å²) in [6.45, 7) is 0.0759. The molecule has 1 aromatic rings. The zero-order valence-electron chi connectivity index (χ0n) is 10.1. The average Bonchev–Trinajstić information content (AvgIpc) is 2.24. The molecule has 0 aliphatic rings. The summed E-state index contributed by atoms with van der Waals surface area (Å²) in [4.78, 5) is 10.5. The summed E-state index contributed by atoms with van der Waals surface area (Å²) in [5.74, 6) is -0.963. The van der Waals surface area contributed by atoms with Gasteiger partial charge in [-0.1, -0.05) is 27.5 Å². The molecule has 8 heteroatoms. The summed E-state index contributed by atoms with van der Waals surface area (Å²) in [6, 6.07) is 4.84. The number of hydrogen-bond acceptors (Lipinski definition) is 3. The van der Waals surface area contributed by atoms with Gasteiger partial charge in [0.05, 0.1) is 17.0 Å². The second-order valence-electron chi connectivity index (χ2n) is 3.93. The molecule has 0 aromatic heterocycles. The van der Waals surface area contributed by atoms with Gasteiger partial charge in [-0.2, -0.15) is 0 Å². The van der Waals surface area contributed by atoms with Gasteiger partial charge in [0, 0.05) is 17.4 Å². The molecule has 0 atom stereocenters. The van der Waals surface area contributed by atoms with Crippen molar-refractivity contribution in [3.8, 4) is 0 Å². The molecule has 0 amide bonds. The molecule has 1 aromatic carbocycles. The van der Waals surface area contributed by atoms with Crippen LogP contribution in [0, 0.1) is 0 Å². The highest BCUT2D eigenvalue weighted by atomic mass is 79.9. The fourth-order valence-electron chi connectivity index (χ4n) is 1.52. The zero-order valence-corrected chi connectivity index (χ0v) is 13.3. The van der Waals surface area contributed by atoms with Gasteiger partial charge in [0.2, 0.25) is 10.0 Å². The van der Waals surface area contributed by atoms with Crippen LogP contribution in [0.25, 0.3) is 0 Å². The molecule has 0 radical (unpaired) electrons. The minimum absolute atomic E-state index is 0.0759. The minimum Gasteiger partial charge on any atom is -0.481 e. The van der Waals surface area contributed by atoms with Crippen molar-refractivity contribution in [2.75, 3.05) is 17.1 Å². The monoisotopic (exact) mass is 369 g/mol. The number of carbonyl (C=O) groups is 1. The highest BCUT2D eigenvalue weighted by molar-refractivity contribution is 9.10. The smallest absolute Gasteiger partial charge is 0.303 e. The molecule has 106 valence electrons. The van der Waals surface area contributed by atoms with E-state index >= 15 is 0 Å². The second kappa shape index (κ2) is 6.58. The fraction of sp³-hybridized carbons (Fsp3) is 0.364. The van der Waals surface area contributed by atoms with E-state index < -0.39 is 16.0 Å². The minimum atomic E-state index is -3.51. The number of carboxylic acid groups (broad SMARTS) is 1. The van der Waals surface area contributed by atoms with Crippen molar-refractivity contribution in [1.29, 1.82) is 0 Å². The van der Waals surface area contributed by atoms with E-state index in [1.54, 1.807) is 18.2 Å². The number of carboxylic acids is 1. The van der Waals surface area contributed by atoms with E-state index in [4.69, 9.17) is 16.7 Å². The molecule has 1 N–H and O–H groups in total. The number of anilines is 1. The van der Waals surface area contributed by atoms with Crippen LogP contribution in [0.15, 0.2) is 22.7 Å². The number of rotatable bonds is 6. The number of hydrogen-bond donors (Lipinski definition) is 1. The van der Waals surface area contributed by atoms with Crippen molar-refractivity contribution in [1.82, 2.24) is 0 Å². The lowest BCUT2D eigenvalue weighted by Crippen LogP contribution is -2.31. The quantitative estimate of drug-likeness (QED) is 0.835. The van der Waals surface area contributed by atoms with E-state index in [1.165, 1.54) is 0 Å². The number of benzene rings is 1. The molecule has 0 heterocycles.